The van der Waals surface area contributed by atoms with E-state index in [-0.39, 0.29) is 0 Å². The van der Waals surface area contributed by atoms with Crippen LogP contribution in [-0.4, -0.2) is 18.1 Å². The first-order valence-electron chi connectivity index (χ1n) is 5.04. The zero-order valence-corrected chi connectivity index (χ0v) is 8.86. The van der Waals surface area contributed by atoms with E-state index in [0.29, 0.717) is 5.92 Å². The molecule has 0 aromatic carbocycles. The molecular formula is C10H16N2S. The van der Waals surface area contributed by atoms with Gasteiger partial charge in [0.25, 0.3) is 0 Å². The Labute approximate surface area is 83.4 Å². The summed E-state index contributed by atoms with van der Waals surface area (Å²) in [5, 5.41) is 3.41. The van der Waals surface area contributed by atoms with Crippen LogP contribution in [0.5, 0.6) is 0 Å². The van der Waals surface area contributed by atoms with Crippen molar-refractivity contribution in [3.05, 3.63) is 16.1 Å². The first-order chi connectivity index (χ1) is 6.42. The van der Waals surface area contributed by atoms with Gasteiger partial charge in [-0.05, 0) is 25.8 Å². The molecule has 1 aromatic heterocycles. The van der Waals surface area contributed by atoms with E-state index >= 15 is 0 Å². The molecule has 0 saturated heterocycles. The van der Waals surface area contributed by atoms with E-state index in [0.717, 1.165) is 13.1 Å². The van der Waals surface area contributed by atoms with Crippen molar-refractivity contribution in [2.24, 2.45) is 0 Å². The van der Waals surface area contributed by atoms with Crippen molar-refractivity contribution in [2.45, 2.75) is 32.1 Å². The largest absolute Gasteiger partial charge is 0.316 e. The minimum Gasteiger partial charge on any atom is -0.316 e. The van der Waals surface area contributed by atoms with Crippen molar-refractivity contribution in [1.82, 2.24) is 10.3 Å². The van der Waals surface area contributed by atoms with E-state index in [1.807, 2.05) is 16.8 Å². The molecule has 3 heteroatoms. The molecule has 2 rings (SSSR count). The third-order valence-corrected chi connectivity index (χ3v) is 3.56. The predicted octanol–water partition coefficient (Wildman–Crippen LogP) is 2.17. The highest BCUT2D eigenvalue weighted by molar-refractivity contribution is 7.09. The highest BCUT2D eigenvalue weighted by atomic mass is 32.1. The summed E-state index contributed by atoms with van der Waals surface area (Å²) in [5.74, 6) is 0.676. The van der Waals surface area contributed by atoms with Crippen LogP contribution in [0.2, 0.25) is 0 Å². The minimum absolute atomic E-state index is 0.676. The molecule has 1 unspecified atom stereocenters. The quantitative estimate of drug-likeness (QED) is 0.801. The van der Waals surface area contributed by atoms with Crippen molar-refractivity contribution >= 4 is 11.3 Å². The van der Waals surface area contributed by atoms with Crippen LogP contribution in [0.4, 0.5) is 0 Å². The number of fused-ring (bicyclic) bond motifs is 1. The normalized spacial score (nSPS) is 21.5. The maximum Gasteiger partial charge on any atom is 0.0797 e. The Morgan fingerprint density at radius 1 is 1.69 bits per heavy atom. The van der Waals surface area contributed by atoms with E-state index in [1.165, 1.54) is 29.8 Å². The summed E-state index contributed by atoms with van der Waals surface area (Å²) < 4.78 is 0. The van der Waals surface area contributed by atoms with Crippen LogP contribution in [0, 0.1) is 0 Å². The highest BCUT2D eigenvalue weighted by Crippen LogP contribution is 2.32. The predicted molar refractivity (Wildman–Crippen MR) is 56.3 cm³/mol. The lowest BCUT2D eigenvalue weighted by molar-refractivity contribution is 0.509. The number of rotatable bonds is 3. The Kier molecular flexibility index (Phi) is 2.96. The van der Waals surface area contributed by atoms with Crippen LogP contribution in [0.1, 0.15) is 36.3 Å². The second kappa shape index (κ2) is 4.20. The fourth-order valence-electron chi connectivity index (χ4n) is 1.96. The molecule has 2 nitrogen and oxygen atoms in total. The molecule has 1 heterocycles. The van der Waals surface area contributed by atoms with Crippen LogP contribution in [0.25, 0.3) is 0 Å². The molecule has 1 aliphatic rings. The number of aryl methyl sites for hydroxylation is 1. The number of hydrogen-bond donors (Lipinski definition) is 1. The van der Waals surface area contributed by atoms with Crippen LogP contribution in [-0.2, 0) is 6.42 Å². The van der Waals surface area contributed by atoms with E-state index in [9.17, 15) is 0 Å². The molecule has 0 radical (unpaired) electrons. The molecule has 13 heavy (non-hydrogen) atoms. The molecule has 0 aliphatic heterocycles. The SMILES string of the molecule is CCNCC1CCCc2scnc21. The number of hydrogen-bond acceptors (Lipinski definition) is 3. The zero-order valence-electron chi connectivity index (χ0n) is 8.05. The fourth-order valence-corrected chi connectivity index (χ4v) is 2.86. The van der Waals surface area contributed by atoms with Crippen molar-refractivity contribution < 1.29 is 0 Å². The van der Waals surface area contributed by atoms with E-state index in [2.05, 4.69) is 17.2 Å². The van der Waals surface area contributed by atoms with Gasteiger partial charge in [0.05, 0.1) is 11.2 Å². The van der Waals surface area contributed by atoms with E-state index in [1.54, 1.807) is 0 Å². The van der Waals surface area contributed by atoms with Gasteiger partial charge in [0.2, 0.25) is 0 Å². The standard InChI is InChI=1S/C10H16N2S/c1-2-11-6-8-4-3-5-9-10(8)12-7-13-9/h7-8,11H,2-6H2,1H3. The van der Waals surface area contributed by atoms with E-state index in [4.69, 9.17) is 0 Å². The lowest BCUT2D eigenvalue weighted by Gasteiger charge is -2.21. The molecule has 0 saturated carbocycles. The smallest absolute Gasteiger partial charge is 0.0797 e. The van der Waals surface area contributed by atoms with Crippen LogP contribution in [0.15, 0.2) is 5.51 Å². The Morgan fingerprint density at radius 2 is 2.62 bits per heavy atom. The number of aromatic nitrogens is 1. The summed E-state index contributed by atoms with van der Waals surface area (Å²) in [5.41, 5.74) is 3.37. The molecule has 1 aliphatic carbocycles. The summed E-state index contributed by atoms with van der Waals surface area (Å²) >= 11 is 1.82. The Balaban J connectivity index is 2.07. The lowest BCUT2D eigenvalue weighted by atomic mass is 9.91. The van der Waals surface area contributed by atoms with Gasteiger partial charge in [0, 0.05) is 17.3 Å². The van der Waals surface area contributed by atoms with Crippen LogP contribution < -0.4 is 5.32 Å². The average Bonchev–Trinajstić information content (AvgIpc) is 2.62. The van der Waals surface area contributed by atoms with Gasteiger partial charge in [-0.1, -0.05) is 6.92 Å². The first kappa shape index (κ1) is 9.16. The van der Waals surface area contributed by atoms with Gasteiger partial charge in [-0.3, -0.25) is 0 Å². The third kappa shape index (κ3) is 1.92. The second-order valence-corrected chi connectivity index (χ2v) is 4.50. The van der Waals surface area contributed by atoms with Crippen LogP contribution in [0.3, 0.4) is 0 Å². The average molecular weight is 196 g/mol. The lowest BCUT2D eigenvalue weighted by Crippen LogP contribution is -2.23. The second-order valence-electron chi connectivity index (χ2n) is 3.56. The van der Waals surface area contributed by atoms with E-state index < -0.39 is 0 Å². The summed E-state index contributed by atoms with van der Waals surface area (Å²) in [7, 11) is 0. The minimum atomic E-state index is 0.676. The van der Waals surface area contributed by atoms with Gasteiger partial charge in [0.15, 0.2) is 0 Å². The third-order valence-electron chi connectivity index (χ3n) is 2.66. The van der Waals surface area contributed by atoms with Gasteiger partial charge in [-0.15, -0.1) is 11.3 Å². The first-order valence-corrected chi connectivity index (χ1v) is 5.92. The summed E-state index contributed by atoms with van der Waals surface area (Å²) in [6.45, 7) is 4.33. The maximum atomic E-state index is 4.47. The van der Waals surface area contributed by atoms with Crippen molar-refractivity contribution in [3.8, 4) is 0 Å². The topological polar surface area (TPSA) is 24.9 Å². The molecule has 0 fully saturated rings. The molecule has 1 aromatic rings. The molecular weight excluding hydrogens is 180 g/mol. The number of nitrogens with one attached hydrogen (secondary N) is 1. The summed E-state index contributed by atoms with van der Waals surface area (Å²) in [6.07, 6.45) is 3.90. The molecule has 0 amide bonds. The number of likely N-dealkylation sites (N-methyl/N-ethyl adjacent to an activating group) is 1. The fraction of sp³-hybridized carbons (Fsp3) is 0.700. The van der Waals surface area contributed by atoms with Crippen molar-refractivity contribution in [3.63, 3.8) is 0 Å². The number of nitrogens with zero attached hydrogens (tertiary/aromatic N) is 1. The molecule has 1 N–H and O–H groups in total. The van der Waals surface area contributed by atoms with Gasteiger partial charge in [-0.25, -0.2) is 4.98 Å². The van der Waals surface area contributed by atoms with Gasteiger partial charge in [0.1, 0.15) is 0 Å². The highest BCUT2D eigenvalue weighted by Gasteiger charge is 2.21. The summed E-state index contributed by atoms with van der Waals surface area (Å²) in [6, 6.07) is 0. The summed E-state index contributed by atoms with van der Waals surface area (Å²) in [4.78, 5) is 5.99. The number of thiazole rings is 1. The molecule has 0 bridgehead atoms. The zero-order chi connectivity index (χ0) is 9.10. The Bertz CT molecular complexity index is 270. The van der Waals surface area contributed by atoms with Crippen molar-refractivity contribution in [1.29, 1.82) is 0 Å². The van der Waals surface area contributed by atoms with Gasteiger partial charge >= 0.3 is 0 Å². The maximum absolute atomic E-state index is 4.47. The molecule has 72 valence electrons. The Hall–Kier alpha value is -0.410. The van der Waals surface area contributed by atoms with Crippen molar-refractivity contribution in [2.75, 3.05) is 13.1 Å². The van der Waals surface area contributed by atoms with Gasteiger partial charge in [-0.2, -0.15) is 0 Å². The van der Waals surface area contributed by atoms with Crippen LogP contribution >= 0.6 is 11.3 Å². The molecule has 0 spiro atoms. The monoisotopic (exact) mass is 196 g/mol. The molecule has 1 atom stereocenters. The Morgan fingerprint density at radius 3 is 3.46 bits per heavy atom. The van der Waals surface area contributed by atoms with Gasteiger partial charge < -0.3 is 5.32 Å².